The van der Waals surface area contributed by atoms with E-state index in [0.29, 0.717) is 11.4 Å². The van der Waals surface area contributed by atoms with Crippen LogP contribution in [0.25, 0.3) is 22.3 Å². The average Bonchev–Trinajstić information content (AvgIpc) is 2.92. The number of aryl methyl sites for hydroxylation is 2. The van der Waals surface area contributed by atoms with E-state index in [0.717, 1.165) is 28.7 Å². The van der Waals surface area contributed by atoms with Gasteiger partial charge < -0.3 is 9.13 Å². The van der Waals surface area contributed by atoms with Crippen LogP contribution in [-0.2, 0) is 14.1 Å². The molecule has 0 saturated carbocycles. The highest BCUT2D eigenvalue weighted by Gasteiger charge is 2.14. The first-order valence-electron chi connectivity index (χ1n) is 6.01. The third-order valence-corrected chi connectivity index (χ3v) is 3.47. The summed E-state index contributed by atoms with van der Waals surface area (Å²) in [6, 6.07) is 5.93. The molecule has 0 saturated heterocycles. The van der Waals surface area contributed by atoms with E-state index in [9.17, 15) is 4.79 Å². The smallest absolute Gasteiger partial charge is 0.168 e. The number of carbonyl (C=O) groups excluding carboxylic acids is 1. The highest BCUT2D eigenvalue weighted by molar-refractivity contribution is 5.88. The molecule has 3 aromatic rings. The second-order valence-electron chi connectivity index (χ2n) is 4.63. The van der Waals surface area contributed by atoms with Gasteiger partial charge in [-0.05, 0) is 19.1 Å². The predicted molar refractivity (Wildman–Crippen MR) is 73.0 cm³/mol. The number of benzene rings is 1. The summed E-state index contributed by atoms with van der Waals surface area (Å²) in [5, 5.41) is 0. The largest absolute Gasteiger partial charge is 0.334 e. The van der Waals surface area contributed by atoms with Gasteiger partial charge in [0.25, 0.3) is 0 Å². The lowest BCUT2D eigenvalue weighted by atomic mass is 10.1. The maximum Gasteiger partial charge on any atom is 0.168 e. The number of aromatic nitrogens is 4. The molecule has 2 heterocycles. The van der Waals surface area contributed by atoms with Gasteiger partial charge in [0.2, 0.25) is 0 Å². The number of hydrogen-bond acceptors (Lipinski definition) is 3. The summed E-state index contributed by atoms with van der Waals surface area (Å²) in [4.78, 5) is 20.0. The summed E-state index contributed by atoms with van der Waals surface area (Å²) in [6.45, 7) is 1.88. The second kappa shape index (κ2) is 4.05. The van der Waals surface area contributed by atoms with Gasteiger partial charge in [0.1, 0.15) is 11.5 Å². The van der Waals surface area contributed by atoms with Crippen LogP contribution in [0.2, 0.25) is 0 Å². The first kappa shape index (κ1) is 11.6. The fourth-order valence-electron chi connectivity index (χ4n) is 2.26. The normalized spacial score (nSPS) is 11.1. The number of aldehydes is 1. The van der Waals surface area contributed by atoms with Gasteiger partial charge in [0.15, 0.2) is 6.29 Å². The fourth-order valence-corrected chi connectivity index (χ4v) is 2.26. The molecule has 0 fully saturated rings. The van der Waals surface area contributed by atoms with Crippen LogP contribution in [0.3, 0.4) is 0 Å². The van der Waals surface area contributed by atoms with E-state index in [-0.39, 0.29) is 0 Å². The van der Waals surface area contributed by atoms with Crippen molar-refractivity contribution >= 4 is 17.3 Å². The van der Waals surface area contributed by atoms with Gasteiger partial charge in [-0.25, -0.2) is 9.97 Å². The molecule has 0 unspecified atom stereocenters. The van der Waals surface area contributed by atoms with Crippen LogP contribution in [0.15, 0.2) is 24.5 Å². The Morgan fingerprint density at radius 3 is 2.79 bits per heavy atom. The van der Waals surface area contributed by atoms with E-state index < -0.39 is 0 Å². The minimum atomic E-state index is 0.591. The average molecular weight is 254 g/mol. The Kier molecular flexibility index (Phi) is 2.48. The molecule has 19 heavy (non-hydrogen) atoms. The fraction of sp³-hybridized carbons (Fsp3) is 0.214. The number of imidazole rings is 2. The van der Waals surface area contributed by atoms with Crippen molar-refractivity contribution in [3.8, 4) is 11.3 Å². The number of rotatable bonds is 2. The van der Waals surface area contributed by atoms with Crippen molar-refractivity contribution in [2.75, 3.05) is 0 Å². The first-order chi connectivity index (χ1) is 9.11. The van der Waals surface area contributed by atoms with Crippen molar-refractivity contribution in [1.82, 2.24) is 19.1 Å². The summed E-state index contributed by atoms with van der Waals surface area (Å²) in [6.07, 6.45) is 2.62. The van der Waals surface area contributed by atoms with Crippen molar-refractivity contribution < 1.29 is 4.79 Å². The third kappa shape index (κ3) is 1.66. The quantitative estimate of drug-likeness (QED) is 0.658. The molecule has 3 rings (SSSR count). The van der Waals surface area contributed by atoms with Crippen molar-refractivity contribution in [1.29, 1.82) is 0 Å². The topological polar surface area (TPSA) is 52.7 Å². The SMILES string of the molecule is Cc1nc(-c2ccc3c(c2)ncn3C)c(C=O)n1C. The number of fused-ring (bicyclic) bond motifs is 1. The van der Waals surface area contributed by atoms with Crippen LogP contribution in [0.4, 0.5) is 0 Å². The van der Waals surface area contributed by atoms with Crippen molar-refractivity contribution in [2.45, 2.75) is 6.92 Å². The van der Waals surface area contributed by atoms with Crippen LogP contribution >= 0.6 is 0 Å². The molecule has 0 radical (unpaired) electrons. The van der Waals surface area contributed by atoms with Crippen LogP contribution in [0.1, 0.15) is 16.3 Å². The first-order valence-corrected chi connectivity index (χ1v) is 6.01. The molecule has 5 nitrogen and oxygen atoms in total. The van der Waals surface area contributed by atoms with Crippen LogP contribution in [-0.4, -0.2) is 25.4 Å². The van der Waals surface area contributed by atoms with Gasteiger partial charge in [-0.3, -0.25) is 4.79 Å². The Balaban J connectivity index is 2.24. The Morgan fingerprint density at radius 2 is 2.05 bits per heavy atom. The number of carbonyl (C=O) groups is 1. The maximum absolute atomic E-state index is 11.2. The monoisotopic (exact) mass is 254 g/mol. The lowest BCUT2D eigenvalue weighted by Gasteiger charge is -2.00. The minimum absolute atomic E-state index is 0.591. The molecule has 0 aliphatic heterocycles. The van der Waals surface area contributed by atoms with E-state index in [1.54, 1.807) is 10.9 Å². The summed E-state index contributed by atoms with van der Waals surface area (Å²) in [5.41, 5.74) is 4.18. The van der Waals surface area contributed by atoms with Gasteiger partial charge in [-0.15, -0.1) is 0 Å². The second-order valence-corrected chi connectivity index (χ2v) is 4.63. The Hall–Kier alpha value is -2.43. The molecule has 0 atom stereocenters. The molecule has 0 bridgehead atoms. The minimum Gasteiger partial charge on any atom is -0.334 e. The van der Waals surface area contributed by atoms with Gasteiger partial charge in [-0.2, -0.15) is 0 Å². The molecule has 0 spiro atoms. The lowest BCUT2D eigenvalue weighted by Crippen LogP contribution is -1.97. The lowest BCUT2D eigenvalue weighted by molar-refractivity contribution is 0.111. The number of nitrogens with zero attached hydrogens (tertiary/aromatic N) is 4. The summed E-state index contributed by atoms with van der Waals surface area (Å²) >= 11 is 0. The summed E-state index contributed by atoms with van der Waals surface area (Å²) in [5.74, 6) is 0.818. The van der Waals surface area contributed by atoms with Crippen molar-refractivity contribution in [2.24, 2.45) is 14.1 Å². The zero-order chi connectivity index (χ0) is 13.6. The van der Waals surface area contributed by atoms with Crippen LogP contribution in [0.5, 0.6) is 0 Å². The highest BCUT2D eigenvalue weighted by atomic mass is 16.1. The summed E-state index contributed by atoms with van der Waals surface area (Å²) < 4.78 is 3.76. The Bertz CT molecular complexity index is 782. The third-order valence-electron chi connectivity index (χ3n) is 3.47. The molecule has 5 heteroatoms. The molecule has 2 aromatic heterocycles. The molecule has 1 aromatic carbocycles. The molecular weight excluding hydrogens is 240 g/mol. The zero-order valence-electron chi connectivity index (χ0n) is 11.1. The van der Waals surface area contributed by atoms with Crippen LogP contribution < -0.4 is 0 Å². The standard InChI is InChI=1S/C14H14N4O/c1-9-16-14(13(7-19)18(9)3)10-4-5-12-11(6-10)15-8-17(12)2/h4-8H,1-3H3. The Labute approximate surface area is 110 Å². The predicted octanol–water partition coefficient (Wildman–Crippen LogP) is 2.09. The molecule has 0 amide bonds. The molecule has 0 N–H and O–H groups in total. The van der Waals surface area contributed by atoms with Gasteiger partial charge in [0.05, 0.1) is 23.1 Å². The van der Waals surface area contributed by atoms with Gasteiger partial charge in [-0.1, -0.05) is 6.07 Å². The molecule has 0 aliphatic carbocycles. The summed E-state index contributed by atoms with van der Waals surface area (Å²) in [7, 11) is 3.80. The molecular formula is C14H14N4O. The van der Waals surface area contributed by atoms with Crippen LogP contribution in [0, 0.1) is 6.92 Å². The Morgan fingerprint density at radius 1 is 1.26 bits per heavy atom. The molecule has 96 valence electrons. The van der Waals surface area contributed by atoms with E-state index in [1.165, 1.54) is 0 Å². The van der Waals surface area contributed by atoms with E-state index in [4.69, 9.17) is 0 Å². The van der Waals surface area contributed by atoms with Gasteiger partial charge in [0, 0.05) is 19.7 Å². The molecule has 0 aliphatic rings. The maximum atomic E-state index is 11.2. The van der Waals surface area contributed by atoms with E-state index in [1.807, 2.05) is 43.8 Å². The van der Waals surface area contributed by atoms with E-state index >= 15 is 0 Å². The zero-order valence-corrected chi connectivity index (χ0v) is 11.1. The van der Waals surface area contributed by atoms with E-state index in [2.05, 4.69) is 9.97 Å². The number of hydrogen-bond donors (Lipinski definition) is 0. The van der Waals surface area contributed by atoms with Gasteiger partial charge >= 0.3 is 0 Å². The highest BCUT2D eigenvalue weighted by Crippen LogP contribution is 2.25. The van der Waals surface area contributed by atoms with Crippen molar-refractivity contribution in [3.63, 3.8) is 0 Å². The van der Waals surface area contributed by atoms with Crippen molar-refractivity contribution in [3.05, 3.63) is 36.0 Å².